The molecule has 0 radical (unpaired) electrons. The van der Waals surface area contributed by atoms with E-state index >= 15 is 0 Å². The van der Waals surface area contributed by atoms with E-state index in [1.54, 1.807) is 0 Å². The van der Waals surface area contributed by atoms with Gasteiger partial charge in [-0.05, 0) is 12.0 Å². The number of benzene rings is 1. The van der Waals surface area contributed by atoms with Gasteiger partial charge in [0.15, 0.2) is 11.6 Å². The molecule has 1 saturated carbocycles. The molecule has 2 unspecified atom stereocenters. The van der Waals surface area contributed by atoms with Crippen molar-refractivity contribution in [1.82, 2.24) is 10.6 Å². The van der Waals surface area contributed by atoms with E-state index in [9.17, 15) is 4.39 Å². The Hall–Kier alpha value is -0.850. The van der Waals surface area contributed by atoms with Gasteiger partial charge in [0.25, 0.3) is 0 Å². The number of nitrogens with zero attached hydrogens (tertiary/aromatic N) is 1. The molecule has 5 heteroatoms. The maximum absolute atomic E-state index is 14.5. The van der Waals surface area contributed by atoms with Crippen LogP contribution in [0.2, 0.25) is 0 Å². The van der Waals surface area contributed by atoms with Gasteiger partial charge in [0, 0.05) is 19.5 Å². The number of alkyl halides is 1. The highest BCUT2D eigenvalue weighted by Gasteiger charge is 2.57. The fourth-order valence-electron chi connectivity index (χ4n) is 2.23. The summed E-state index contributed by atoms with van der Waals surface area (Å²) < 4.78 is 14.5. The van der Waals surface area contributed by atoms with E-state index < -0.39 is 5.67 Å². The molecule has 0 spiro atoms. The van der Waals surface area contributed by atoms with Crippen LogP contribution < -0.4 is 10.6 Å². The van der Waals surface area contributed by atoms with E-state index in [2.05, 4.69) is 15.6 Å². The number of rotatable bonds is 2. The van der Waals surface area contributed by atoms with Crippen LogP contribution in [0.25, 0.3) is 0 Å². The highest BCUT2D eigenvalue weighted by Crippen LogP contribution is 2.49. The monoisotopic (exact) mass is 361 g/mol. The second kappa shape index (κ2) is 5.42. The van der Waals surface area contributed by atoms with Crippen LogP contribution in [0.4, 0.5) is 4.39 Å². The minimum atomic E-state index is -1.22. The van der Waals surface area contributed by atoms with Crippen molar-refractivity contribution in [2.75, 3.05) is 13.1 Å². The van der Waals surface area contributed by atoms with Crippen molar-refractivity contribution >= 4 is 29.9 Å². The Morgan fingerprint density at radius 1 is 1.33 bits per heavy atom. The van der Waals surface area contributed by atoms with Crippen LogP contribution >= 0.6 is 24.0 Å². The minimum absolute atomic E-state index is 0. The van der Waals surface area contributed by atoms with Crippen molar-refractivity contribution in [2.24, 2.45) is 4.99 Å². The summed E-state index contributed by atoms with van der Waals surface area (Å²) in [6.45, 7) is 1.75. The van der Waals surface area contributed by atoms with Gasteiger partial charge in [-0.1, -0.05) is 30.3 Å². The number of nitrogens with one attached hydrogen (secondary N) is 2. The Morgan fingerprint density at radius 3 is 2.78 bits per heavy atom. The summed E-state index contributed by atoms with van der Waals surface area (Å²) in [5.74, 6) is 0.747. The first-order valence-corrected chi connectivity index (χ1v) is 6.08. The van der Waals surface area contributed by atoms with Crippen molar-refractivity contribution in [3.8, 4) is 0 Å². The first kappa shape index (κ1) is 13.6. The van der Waals surface area contributed by atoms with E-state index in [4.69, 9.17) is 0 Å². The quantitative estimate of drug-likeness (QED) is 0.793. The number of halogens is 2. The van der Waals surface area contributed by atoms with E-state index in [0.717, 1.165) is 31.0 Å². The number of aliphatic imine (C=N–C) groups is 1. The SMILES string of the molecule is FC1(c2ccccc2)CC1NC1=NCCCN1.I. The fraction of sp³-hybridized carbons (Fsp3) is 0.462. The fourth-order valence-corrected chi connectivity index (χ4v) is 2.23. The minimum Gasteiger partial charge on any atom is -0.356 e. The molecule has 0 amide bonds. The van der Waals surface area contributed by atoms with E-state index in [-0.39, 0.29) is 30.0 Å². The van der Waals surface area contributed by atoms with Gasteiger partial charge in [-0.15, -0.1) is 24.0 Å². The second-order valence-corrected chi connectivity index (χ2v) is 4.64. The third kappa shape index (κ3) is 2.60. The van der Waals surface area contributed by atoms with Crippen LogP contribution in [-0.4, -0.2) is 25.1 Å². The summed E-state index contributed by atoms with van der Waals surface area (Å²) in [7, 11) is 0. The normalized spacial score (nSPS) is 29.6. The number of hydrogen-bond donors (Lipinski definition) is 2. The zero-order valence-electron chi connectivity index (χ0n) is 10.0. The van der Waals surface area contributed by atoms with Gasteiger partial charge in [-0.3, -0.25) is 4.99 Å². The lowest BCUT2D eigenvalue weighted by molar-refractivity contribution is 0.300. The van der Waals surface area contributed by atoms with Crippen molar-refractivity contribution in [2.45, 2.75) is 24.6 Å². The molecule has 0 saturated heterocycles. The second-order valence-electron chi connectivity index (χ2n) is 4.64. The summed E-state index contributed by atoms with van der Waals surface area (Å²) >= 11 is 0. The molecule has 0 aromatic heterocycles. The largest absolute Gasteiger partial charge is 0.356 e. The summed E-state index contributed by atoms with van der Waals surface area (Å²) in [5.41, 5.74) is -0.461. The van der Waals surface area contributed by atoms with Gasteiger partial charge in [0.1, 0.15) is 0 Å². The molecular weight excluding hydrogens is 344 g/mol. The van der Waals surface area contributed by atoms with Crippen molar-refractivity contribution in [1.29, 1.82) is 0 Å². The maximum Gasteiger partial charge on any atom is 0.191 e. The van der Waals surface area contributed by atoms with Gasteiger partial charge in [-0.25, -0.2) is 4.39 Å². The van der Waals surface area contributed by atoms with E-state index in [1.165, 1.54) is 0 Å². The van der Waals surface area contributed by atoms with Crippen LogP contribution in [-0.2, 0) is 5.67 Å². The average Bonchev–Trinajstić information content (AvgIpc) is 3.04. The van der Waals surface area contributed by atoms with E-state index in [1.807, 2.05) is 30.3 Å². The first-order valence-electron chi connectivity index (χ1n) is 6.08. The maximum atomic E-state index is 14.5. The Balaban J connectivity index is 0.00000120. The average molecular weight is 361 g/mol. The molecule has 2 aliphatic rings. The molecule has 3 rings (SSSR count). The third-order valence-corrected chi connectivity index (χ3v) is 3.36. The van der Waals surface area contributed by atoms with Crippen molar-refractivity contribution in [3.63, 3.8) is 0 Å². The molecule has 1 aromatic carbocycles. The van der Waals surface area contributed by atoms with E-state index in [0.29, 0.717) is 6.42 Å². The molecule has 18 heavy (non-hydrogen) atoms. The van der Waals surface area contributed by atoms with Gasteiger partial charge in [0.05, 0.1) is 6.04 Å². The smallest absolute Gasteiger partial charge is 0.191 e. The van der Waals surface area contributed by atoms with Gasteiger partial charge in [-0.2, -0.15) is 0 Å². The first-order chi connectivity index (χ1) is 8.29. The summed E-state index contributed by atoms with van der Waals surface area (Å²) in [5, 5.41) is 6.30. The molecule has 1 aliphatic heterocycles. The predicted molar refractivity (Wildman–Crippen MR) is 81.1 cm³/mol. The summed E-state index contributed by atoms with van der Waals surface area (Å²) in [6.07, 6.45) is 1.58. The Bertz CT molecular complexity index is 437. The molecule has 2 N–H and O–H groups in total. The van der Waals surface area contributed by atoms with Crippen LogP contribution in [0, 0.1) is 0 Å². The zero-order valence-corrected chi connectivity index (χ0v) is 12.4. The highest BCUT2D eigenvalue weighted by atomic mass is 127. The molecule has 2 atom stereocenters. The Labute approximate surface area is 123 Å². The van der Waals surface area contributed by atoms with Crippen LogP contribution in [0.1, 0.15) is 18.4 Å². The van der Waals surface area contributed by atoms with Crippen molar-refractivity contribution in [3.05, 3.63) is 35.9 Å². The zero-order chi connectivity index (χ0) is 11.7. The standard InChI is InChI=1S/C13H16FN3.HI/c14-13(10-5-2-1-3-6-10)9-11(13)17-12-15-7-4-8-16-12;/h1-3,5-6,11H,4,7-9H2,(H2,15,16,17);1H. The van der Waals surface area contributed by atoms with Gasteiger partial charge in [0.2, 0.25) is 0 Å². The molecular formula is C13H17FIN3. The highest BCUT2D eigenvalue weighted by molar-refractivity contribution is 14.0. The lowest BCUT2D eigenvalue weighted by atomic mass is 10.1. The Morgan fingerprint density at radius 2 is 2.11 bits per heavy atom. The van der Waals surface area contributed by atoms with Crippen molar-refractivity contribution < 1.29 is 4.39 Å². The lowest BCUT2D eigenvalue weighted by Crippen LogP contribution is -2.43. The third-order valence-electron chi connectivity index (χ3n) is 3.36. The summed E-state index contributed by atoms with van der Waals surface area (Å²) in [4.78, 5) is 4.30. The predicted octanol–water partition coefficient (Wildman–Crippen LogP) is 2.18. The molecule has 0 bridgehead atoms. The molecule has 1 aliphatic carbocycles. The van der Waals surface area contributed by atoms with Crippen LogP contribution in [0.5, 0.6) is 0 Å². The van der Waals surface area contributed by atoms with Gasteiger partial charge >= 0.3 is 0 Å². The van der Waals surface area contributed by atoms with Gasteiger partial charge < -0.3 is 10.6 Å². The molecule has 98 valence electrons. The molecule has 1 aromatic rings. The van der Waals surface area contributed by atoms with Crippen LogP contribution in [0.3, 0.4) is 0 Å². The molecule has 1 fully saturated rings. The number of hydrogen-bond acceptors (Lipinski definition) is 3. The van der Waals surface area contributed by atoms with Crippen LogP contribution in [0.15, 0.2) is 35.3 Å². The molecule has 3 nitrogen and oxygen atoms in total. The lowest BCUT2D eigenvalue weighted by Gasteiger charge is -2.17. The topological polar surface area (TPSA) is 36.4 Å². The number of guanidine groups is 1. The Kier molecular flexibility index (Phi) is 4.09. The molecule has 1 heterocycles. The summed E-state index contributed by atoms with van der Waals surface area (Å²) in [6, 6.07) is 9.21.